The van der Waals surface area contributed by atoms with E-state index in [-0.39, 0.29) is 12.4 Å². The van der Waals surface area contributed by atoms with Crippen molar-refractivity contribution in [2.75, 3.05) is 6.61 Å². The highest BCUT2D eigenvalue weighted by Crippen LogP contribution is 2.22. The predicted molar refractivity (Wildman–Crippen MR) is 66.9 cm³/mol. The van der Waals surface area contributed by atoms with Crippen molar-refractivity contribution in [2.45, 2.75) is 19.3 Å². The molecule has 0 spiro atoms. The zero-order chi connectivity index (χ0) is 13.9. The van der Waals surface area contributed by atoms with Crippen LogP contribution in [-0.2, 0) is 14.9 Å². The summed E-state index contributed by atoms with van der Waals surface area (Å²) in [6, 6.07) is 9.02. The van der Waals surface area contributed by atoms with Crippen LogP contribution in [0.25, 0.3) is 11.0 Å². The van der Waals surface area contributed by atoms with Gasteiger partial charge in [-0.25, -0.2) is 9.78 Å². The van der Waals surface area contributed by atoms with Crippen molar-refractivity contribution < 1.29 is 9.53 Å². The van der Waals surface area contributed by atoms with Crippen LogP contribution in [0.3, 0.4) is 0 Å². The van der Waals surface area contributed by atoms with Gasteiger partial charge in [-0.1, -0.05) is 12.1 Å². The molecule has 1 aromatic heterocycles. The van der Waals surface area contributed by atoms with E-state index in [0.717, 1.165) is 0 Å². The minimum Gasteiger partial charge on any atom is -0.464 e. The van der Waals surface area contributed by atoms with Gasteiger partial charge in [-0.05, 0) is 26.0 Å². The van der Waals surface area contributed by atoms with Crippen LogP contribution in [0.2, 0.25) is 0 Å². The maximum absolute atomic E-state index is 11.9. The molecule has 2 aromatic rings. The lowest BCUT2D eigenvalue weighted by Crippen LogP contribution is -2.35. The molecular weight excluding hydrogens is 244 g/mol. The van der Waals surface area contributed by atoms with Crippen molar-refractivity contribution in [3.63, 3.8) is 0 Å². The van der Waals surface area contributed by atoms with Gasteiger partial charge in [0.15, 0.2) is 5.82 Å². The Balaban J connectivity index is 2.52. The van der Waals surface area contributed by atoms with Gasteiger partial charge in [0.2, 0.25) is 5.41 Å². The third kappa shape index (κ3) is 2.22. The second-order valence-corrected chi connectivity index (χ2v) is 4.08. The normalized spacial score (nSPS) is 13.5. The smallest absolute Gasteiger partial charge is 0.334 e. The summed E-state index contributed by atoms with van der Waals surface area (Å²) < 4.78 is 4.90. The molecule has 0 aliphatic heterocycles. The molecule has 0 N–H and O–H groups in total. The number of fused-ring (bicyclic) bond motifs is 1. The van der Waals surface area contributed by atoms with Gasteiger partial charge < -0.3 is 4.74 Å². The molecule has 0 aliphatic rings. The monoisotopic (exact) mass is 256 g/mol. The second-order valence-electron chi connectivity index (χ2n) is 4.08. The molecule has 1 atom stereocenters. The van der Waals surface area contributed by atoms with E-state index in [4.69, 9.17) is 4.74 Å². The summed E-state index contributed by atoms with van der Waals surface area (Å²) in [7, 11) is 0. The number of nitriles is 1. The molecule has 1 unspecified atom stereocenters. The van der Waals surface area contributed by atoms with Crippen LogP contribution < -0.4 is 0 Å². The highest BCUT2D eigenvalue weighted by Gasteiger charge is 2.41. The van der Waals surface area contributed by atoms with Crippen molar-refractivity contribution in [1.29, 1.82) is 5.26 Å². The Labute approximate surface area is 110 Å². The number of hydrogen-bond acceptors (Lipinski definition) is 6. The SMILES string of the molecule is CCOC(=O)C(C)(C#N)c1nnc2ccccc2n1. The highest BCUT2D eigenvalue weighted by molar-refractivity contribution is 5.85. The number of esters is 1. The summed E-state index contributed by atoms with van der Waals surface area (Å²) in [5, 5.41) is 17.1. The molecular formula is C13H12N4O2. The average molecular weight is 256 g/mol. The van der Waals surface area contributed by atoms with E-state index in [1.165, 1.54) is 6.92 Å². The van der Waals surface area contributed by atoms with Crippen molar-refractivity contribution in [2.24, 2.45) is 0 Å². The summed E-state index contributed by atoms with van der Waals surface area (Å²) >= 11 is 0. The number of benzene rings is 1. The molecule has 0 fully saturated rings. The first-order valence-electron chi connectivity index (χ1n) is 5.80. The second kappa shape index (κ2) is 4.98. The van der Waals surface area contributed by atoms with E-state index in [1.807, 2.05) is 12.1 Å². The van der Waals surface area contributed by atoms with E-state index in [1.54, 1.807) is 25.1 Å². The third-order valence-electron chi connectivity index (χ3n) is 2.72. The van der Waals surface area contributed by atoms with Gasteiger partial charge in [0.05, 0.1) is 18.2 Å². The number of hydrogen-bond donors (Lipinski definition) is 0. The molecule has 2 rings (SSSR count). The predicted octanol–water partition coefficient (Wildman–Crippen LogP) is 1.37. The molecule has 96 valence electrons. The lowest BCUT2D eigenvalue weighted by Gasteiger charge is -2.17. The summed E-state index contributed by atoms with van der Waals surface area (Å²) in [4.78, 5) is 16.1. The minimum atomic E-state index is -1.55. The summed E-state index contributed by atoms with van der Waals surface area (Å²) in [5.41, 5.74) is -0.360. The van der Waals surface area contributed by atoms with Crippen LogP contribution in [0.4, 0.5) is 0 Å². The first-order chi connectivity index (χ1) is 9.11. The molecule has 0 saturated heterocycles. The van der Waals surface area contributed by atoms with Crippen LogP contribution in [0.15, 0.2) is 24.3 Å². The Morgan fingerprint density at radius 1 is 1.37 bits per heavy atom. The minimum absolute atomic E-state index is 0.0483. The fourth-order valence-corrected chi connectivity index (χ4v) is 1.56. The Kier molecular flexibility index (Phi) is 3.38. The molecule has 1 heterocycles. The quantitative estimate of drug-likeness (QED) is 0.770. The van der Waals surface area contributed by atoms with E-state index >= 15 is 0 Å². The van der Waals surface area contributed by atoms with Gasteiger partial charge in [-0.2, -0.15) is 5.26 Å². The zero-order valence-electron chi connectivity index (χ0n) is 10.6. The first-order valence-corrected chi connectivity index (χ1v) is 5.80. The fourth-order valence-electron chi connectivity index (χ4n) is 1.56. The molecule has 1 aromatic carbocycles. The van der Waals surface area contributed by atoms with Crippen LogP contribution >= 0.6 is 0 Å². The lowest BCUT2D eigenvalue weighted by atomic mass is 9.92. The molecule has 0 bridgehead atoms. The average Bonchev–Trinajstić information content (AvgIpc) is 2.46. The van der Waals surface area contributed by atoms with Gasteiger partial charge in [-0.15, -0.1) is 10.2 Å². The van der Waals surface area contributed by atoms with E-state index in [2.05, 4.69) is 15.2 Å². The number of carbonyl (C=O) groups excluding carboxylic acids is 1. The molecule has 0 saturated carbocycles. The van der Waals surface area contributed by atoms with Crippen LogP contribution in [0.1, 0.15) is 19.7 Å². The van der Waals surface area contributed by atoms with Gasteiger partial charge >= 0.3 is 5.97 Å². The Morgan fingerprint density at radius 3 is 2.68 bits per heavy atom. The molecule has 6 heteroatoms. The van der Waals surface area contributed by atoms with E-state index in [0.29, 0.717) is 11.0 Å². The molecule has 0 aliphatic carbocycles. The Bertz CT molecular complexity index is 665. The van der Waals surface area contributed by atoms with E-state index in [9.17, 15) is 10.1 Å². The van der Waals surface area contributed by atoms with Gasteiger partial charge in [0, 0.05) is 0 Å². The lowest BCUT2D eigenvalue weighted by molar-refractivity contribution is -0.147. The number of rotatable bonds is 3. The van der Waals surface area contributed by atoms with Crippen LogP contribution in [-0.4, -0.2) is 27.8 Å². The molecule has 6 nitrogen and oxygen atoms in total. The van der Waals surface area contributed by atoms with Crippen molar-refractivity contribution in [3.8, 4) is 6.07 Å². The van der Waals surface area contributed by atoms with Crippen LogP contribution in [0, 0.1) is 11.3 Å². The number of para-hydroxylation sites is 1. The topological polar surface area (TPSA) is 88.8 Å². The number of nitrogens with zero attached hydrogens (tertiary/aromatic N) is 4. The summed E-state index contributed by atoms with van der Waals surface area (Å²) in [6.45, 7) is 3.29. The number of aromatic nitrogens is 3. The van der Waals surface area contributed by atoms with Gasteiger partial charge in [0.25, 0.3) is 0 Å². The first kappa shape index (κ1) is 12.9. The van der Waals surface area contributed by atoms with Crippen molar-refractivity contribution in [1.82, 2.24) is 15.2 Å². The van der Waals surface area contributed by atoms with E-state index < -0.39 is 11.4 Å². The molecule has 19 heavy (non-hydrogen) atoms. The largest absolute Gasteiger partial charge is 0.464 e. The van der Waals surface area contributed by atoms with Crippen molar-refractivity contribution in [3.05, 3.63) is 30.1 Å². The standard InChI is InChI=1S/C13H12N4O2/c1-3-19-12(18)13(2,8-14)11-15-9-6-4-5-7-10(9)16-17-11/h4-7H,3H2,1-2H3. The highest BCUT2D eigenvalue weighted by atomic mass is 16.5. The number of carbonyl (C=O) groups is 1. The van der Waals surface area contributed by atoms with Gasteiger partial charge in [0.1, 0.15) is 5.52 Å². The fraction of sp³-hybridized carbons (Fsp3) is 0.308. The maximum atomic E-state index is 11.9. The Morgan fingerprint density at radius 2 is 2.05 bits per heavy atom. The summed E-state index contributed by atoms with van der Waals surface area (Å²) in [5.74, 6) is -0.623. The third-order valence-corrected chi connectivity index (χ3v) is 2.72. The molecule has 0 radical (unpaired) electrons. The summed E-state index contributed by atoms with van der Waals surface area (Å²) in [6.07, 6.45) is 0. The maximum Gasteiger partial charge on any atom is 0.334 e. The van der Waals surface area contributed by atoms with Crippen LogP contribution in [0.5, 0.6) is 0 Å². The molecule has 0 amide bonds. The van der Waals surface area contributed by atoms with Gasteiger partial charge in [-0.3, -0.25) is 0 Å². The Hall–Kier alpha value is -2.55. The van der Waals surface area contributed by atoms with Crippen molar-refractivity contribution >= 4 is 17.0 Å². The number of ether oxygens (including phenoxy) is 1. The zero-order valence-corrected chi connectivity index (χ0v) is 10.6.